The fraction of sp³-hybridized carbons (Fsp3) is 0.846. The lowest BCUT2D eigenvalue weighted by atomic mass is 9.82. The molecule has 5 heteroatoms. The number of amides is 1. The maximum atomic E-state index is 12.1. The Hall–Kier alpha value is -1.26. The van der Waals surface area contributed by atoms with E-state index in [0.29, 0.717) is 19.4 Å². The van der Waals surface area contributed by atoms with E-state index in [1.165, 1.54) is 0 Å². The Bertz CT molecular complexity index is 374. The summed E-state index contributed by atoms with van der Waals surface area (Å²) in [4.78, 5) is 25.2. The summed E-state index contributed by atoms with van der Waals surface area (Å²) < 4.78 is 5.35. The van der Waals surface area contributed by atoms with Crippen molar-refractivity contribution in [2.24, 2.45) is 5.41 Å². The first-order valence-electron chi connectivity index (χ1n) is 6.49. The Morgan fingerprint density at radius 3 is 2.56 bits per heavy atom. The van der Waals surface area contributed by atoms with Gasteiger partial charge in [-0.25, -0.2) is 4.79 Å². The minimum atomic E-state index is -0.768. The summed E-state index contributed by atoms with van der Waals surface area (Å²) in [7, 11) is 0. The van der Waals surface area contributed by atoms with Crippen molar-refractivity contribution in [3.63, 3.8) is 0 Å². The van der Waals surface area contributed by atoms with Crippen LogP contribution in [0.1, 0.15) is 46.5 Å². The first kappa shape index (κ1) is 13.2. The zero-order valence-corrected chi connectivity index (χ0v) is 11.2. The van der Waals surface area contributed by atoms with Crippen LogP contribution in [0.15, 0.2) is 0 Å². The molecular weight excluding hydrogens is 234 g/mol. The lowest BCUT2D eigenvalue weighted by molar-refractivity contribution is -0.149. The Labute approximate surface area is 107 Å². The lowest BCUT2D eigenvalue weighted by Gasteiger charge is -2.30. The summed E-state index contributed by atoms with van der Waals surface area (Å²) in [5, 5.41) is 9.43. The molecule has 2 atom stereocenters. The van der Waals surface area contributed by atoms with Gasteiger partial charge in [0.25, 0.3) is 0 Å². The van der Waals surface area contributed by atoms with Crippen LogP contribution in [0.2, 0.25) is 0 Å². The van der Waals surface area contributed by atoms with Gasteiger partial charge < -0.3 is 14.7 Å². The largest absolute Gasteiger partial charge is 0.481 e. The van der Waals surface area contributed by atoms with E-state index in [1.54, 1.807) is 4.90 Å². The highest BCUT2D eigenvalue weighted by molar-refractivity contribution is 5.79. The molecule has 5 nitrogen and oxygen atoms in total. The molecule has 1 N–H and O–H groups in total. The number of carboxylic acid groups (broad SMARTS) is 1. The number of carbonyl (C=O) groups excluding carboxylic acids is 1. The van der Waals surface area contributed by atoms with Crippen LogP contribution in [0.25, 0.3) is 0 Å². The molecule has 2 fully saturated rings. The highest BCUT2D eigenvalue weighted by Gasteiger charge is 2.57. The van der Waals surface area contributed by atoms with Crippen molar-refractivity contribution in [2.45, 2.75) is 58.1 Å². The number of aliphatic carboxylic acids is 1. The van der Waals surface area contributed by atoms with E-state index in [1.807, 2.05) is 20.8 Å². The summed E-state index contributed by atoms with van der Waals surface area (Å²) in [6, 6.07) is -0.190. The van der Waals surface area contributed by atoms with E-state index in [-0.39, 0.29) is 12.1 Å². The second-order valence-corrected chi connectivity index (χ2v) is 6.29. The van der Waals surface area contributed by atoms with Gasteiger partial charge in [-0.1, -0.05) is 6.42 Å². The Kier molecular flexibility index (Phi) is 3.03. The van der Waals surface area contributed by atoms with Gasteiger partial charge in [0.2, 0.25) is 0 Å². The SMILES string of the molecule is CC(C)(C)OC(=O)N1CCC2(C(=O)O)CCCC12. The monoisotopic (exact) mass is 255 g/mol. The third kappa shape index (κ3) is 2.06. The molecule has 0 radical (unpaired) electrons. The molecule has 1 aliphatic heterocycles. The smallest absolute Gasteiger partial charge is 0.410 e. The number of hydrogen-bond acceptors (Lipinski definition) is 3. The van der Waals surface area contributed by atoms with Gasteiger partial charge in [-0.3, -0.25) is 4.79 Å². The molecule has 0 bridgehead atoms. The number of ether oxygens (including phenoxy) is 1. The van der Waals surface area contributed by atoms with Crippen LogP contribution in [0, 0.1) is 5.41 Å². The number of carboxylic acids is 1. The first-order valence-corrected chi connectivity index (χ1v) is 6.49. The highest BCUT2D eigenvalue weighted by Crippen LogP contribution is 2.49. The molecule has 1 heterocycles. The summed E-state index contributed by atoms with van der Waals surface area (Å²) in [5.74, 6) is -0.768. The van der Waals surface area contributed by atoms with Crippen molar-refractivity contribution in [2.75, 3.05) is 6.54 Å². The molecule has 2 rings (SSSR count). The lowest BCUT2D eigenvalue weighted by Crippen LogP contribution is -2.45. The van der Waals surface area contributed by atoms with Gasteiger partial charge in [-0.05, 0) is 40.0 Å². The molecule has 18 heavy (non-hydrogen) atoms. The minimum Gasteiger partial charge on any atom is -0.481 e. The second-order valence-electron chi connectivity index (χ2n) is 6.29. The van der Waals surface area contributed by atoms with Crippen LogP contribution in [-0.2, 0) is 9.53 Å². The Balaban J connectivity index is 2.14. The van der Waals surface area contributed by atoms with Gasteiger partial charge in [0.15, 0.2) is 0 Å². The standard InChI is InChI=1S/C13H21NO4/c1-12(2,3)18-11(17)14-8-7-13(10(15)16)6-4-5-9(13)14/h9H,4-8H2,1-3H3,(H,15,16). The van der Waals surface area contributed by atoms with Crippen molar-refractivity contribution in [1.82, 2.24) is 4.90 Å². The molecule has 1 amide bonds. The third-order valence-corrected chi connectivity index (χ3v) is 3.97. The van der Waals surface area contributed by atoms with Crippen LogP contribution in [-0.4, -0.2) is 40.3 Å². The van der Waals surface area contributed by atoms with E-state index < -0.39 is 17.0 Å². The van der Waals surface area contributed by atoms with E-state index in [0.717, 1.165) is 12.8 Å². The van der Waals surface area contributed by atoms with E-state index in [9.17, 15) is 14.7 Å². The number of nitrogens with zero attached hydrogens (tertiary/aromatic N) is 1. The number of hydrogen-bond donors (Lipinski definition) is 1. The van der Waals surface area contributed by atoms with Crippen molar-refractivity contribution in [3.05, 3.63) is 0 Å². The quantitative estimate of drug-likeness (QED) is 0.780. The van der Waals surface area contributed by atoms with Gasteiger partial charge in [0, 0.05) is 6.54 Å². The fourth-order valence-electron chi connectivity index (χ4n) is 3.17. The molecule has 102 valence electrons. The van der Waals surface area contributed by atoms with Crippen LogP contribution < -0.4 is 0 Å². The molecule has 1 saturated carbocycles. The maximum Gasteiger partial charge on any atom is 0.410 e. The predicted octanol–water partition coefficient (Wildman–Crippen LogP) is 2.25. The fourth-order valence-corrected chi connectivity index (χ4v) is 3.17. The van der Waals surface area contributed by atoms with Crippen LogP contribution in [0.3, 0.4) is 0 Å². The topological polar surface area (TPSA) is 66.8 Å². The van der Waals surface area contributed by atoms with Gasteiger partial charge in [0.05, 0.1) is 11.5 Å². The average molecular weight is 255 g/mol. The number of carbonyl (C=O) groups is 2. The number of fused-ring (bicyclic) bond motifs is 1. The van der Waals surface area contributed by atoms with Crippen molar-refractivity contribution < 1.29 is 19.4 Å². The summed E-state index contributed by atoms with van der Waals surface area (Å²) in [6.07, 6.45) is 2.48. The van der Waals surface area contributed by atoms with Crippen LogP contribution in [0.4, 0.5) is 4.79 Å². The molecule has 2 unspecified atom stereocenters. The minimum absolute atomic E-state index is 0.190. The van der Waals surface area contributed by atoms with Crippen LogP contribution in [0.5, 0.6) is 0 Å². The van der Waals surface area contributed by atoms with Crippen molar-refractivity contribution >= 4 is 12.1 Å². The van der Waals surface area contributed by atoms with Crippen molar-refractivity contribution in [3.8, 4) is 0 Å². The number of likely N-dealkylation sites (tertiary alicyclic amines) is 1. The van der Waals surface area contributed by atoms with Gasteiger partial charge in [0.1, 0.15) is 5.60 Å². The normalized spacial score (nSPS) is 31.3. The van der Waals surface area contributed by atoms with Crippen LogP contribution >= 0.6 is 0 Å². The molecule has 1 saturated heterocycles. The van der Waals surface area contributed by atoms with E-state index in [2.05, 4.69) is 0 Å². The van der Waals surface area contributed by atoms with E-state index >= 15 is 0 Å². The summed E-state index contributed by atoms with van der Waals surface area (Å²) >= 11 is 0. The van der Waals surface area contributed by atoms with Gasteiger partial charge >= 0.3 is 12.1 Å². The molecule has 2 aliphatic rings. The maximum absolute atomic E-state index is 12.1. The van der Waals surface area contributed by atoms with E-state index in [4.69, 9.17) is 4.74 Å². The zero-order valence-electron chi connectivity index (χ0n) is 11.2. The number of rotatable bonds is 1. The Morgan fingerprint density at radius 1 is 1.33 bits per heavy atom. The average Bonchev–Trinajstić information content (AvgIpc) is 2.70. The molecule has 0 spiro atoms. The first-order chi connectivity index (χ1) is 8.26. The third-order valence-electron chi connectivity index (χ3n) is 3.97. The molecule has 1 aliphatic carbocycles. The van der Waals surface area contributed by atoms with Gasteiger partial charge in [-0.15, -0.1) is 0 Å². The Morgan fingerprint density at radius 2 is 2.00 bits per heavy atom. The van der Waals surface area contributed by atoms with Gasteiger partial charge in [-0.2, -0.15) is 0 Å². The molecular formula is C13H21NO4. The molecule has 0 aromatic carbocycles. The molecule has 0 aromatic heterocycles. The summed E-state index contributed by atoms with van der Waals surface area (Å²) in [6.45, 7) is 5.95. The summed E-state index contributed by atoms with van der Waals surface area (Å²) in [5.41, 5.74) is -1.26. The zero-order chi connectivity index (χ0) is 13.6. The highest BCUT2D eigenvalue weighted by atomic mass is 16.6. The second kappa shape index (κ2) is 4.14. The predicted molar refractivity (Wildman–Crippen MR) is 65.3 cm³/mol. The molecule has 0 aromatic rings. The van der Waals surface area contributed by atoms with Crippen molar-refractivity contribution in [1.29, 1.82) is 0 Å².